The van der Waals surface area contributed by atoms with Gasteiger partial charge >= 0.3 is 0 Å². The number of nitrogens with zero attached hydrogens (tertiary/aromatic N) is 2. The number of rotatable bonds is 4. The summed E-state index contributed by atoms with van der Waals surface area (Å²) in [6, 6.07) is 22.0. The van der Waals surface area contributed by atoms with Crippen molar-refractivity contribution in [2.24, 2.45) is 5.10 Å². The van der Waals surface area contributed by atoms with Gasteiger partial charge in [-0.25, -0.2) is 0 Å². The molecule has 29 heavy (non-hydrogen) atoms. The van der Waals surface area contributed by atoms with Gasteiger partial charge in [0.05, 0.1) is 16.6 Å². The van der Waals surface area contributed by atoms with Crippen LogP contribution < -0.4 is 0 Å². The second-order valence-electron chi connectivity index (χ2n) is 6.92. The first-order valence-electron chi connectivity index (χ1n) is 9.04. The van der Waals surface area contributed by atoms with E-state index in [4.69, 9.17) is 0 Å². The summed E-state index contributed by atoms with van der Waals surface area (Å²) in [6.45, 7) is 1.93. The van der Waals surface area contributed by atoms with Crippen LogP contribution in [0.2, 0.25) is 0 Å². The summed E-state index contributed by atoms with van der Waals surface area (Å²) in [7, 11) is -3.79. The van der Waals surface area contributed by atoms with Gasteiger partial charge in [-0.05, 0) is 54.4 Å². The number of halogens is 2. The largest absolute Gasteiger partial charge is 0.279 e. The minimum absolute atomic E-state index is 0.240. The second-order valence-corrected chi connectivity index (χ2v) is 10.5. The zero-order chi connectivity index (χ0) is 20.6. The Kier molecular flexibility index (Phi) is 5.64. The van der Waals surface area contributed by atoms with E-state index in [1.807, 2.05) is 55.5 Å². The number of hydrogen-bond acceptors (Lipinski definition) is 3. The van der Waals surface area contributed by atoms with E-state index in [-0.39, 0.29) is 4.90 Å². The van der Waals surface area contributed by atoms with Crippen LogP contribution in [0.5, 0.6) is 0 Å². The SMILES string of the molecule is Cc1ccc(S(=O)(=O)N2N=C(c3cccc(Br)c3)CC2c2ccc(Br)cc2)cc1. The molecule has 1 atom stereocenters. The first kappa shape index (κ1) is 20.3. The Morgan fingerprint density at radius 3 is 2.28 bits per heavy atom. The molecular weight excluding hydrogens is 516 g/mol. The summed E-state index contributed by atoms with van der Waals surface area (Å²) < 4.78 is 30.0. The van der Waals surface area contributed by atoms with E-state index in [9.17, 15) is 8.42 Å². The van der Waals surface area contributed by atoms with E-state index in [0.717, 1.165) is 31.3 Å². The summed E-state index contributed by atoms with van der Waals surface area (Å²) in [5.74, 6) is 0. The van der Waals surface area contributed by atoms with Crippen LogP contribution in [0.4, 0.5) is 0 Å². The molecule has 4 rings (SSSR count). The number of benzene rings is 3. The highest BCUT2D eigenvalue weighted by atomic mass is 79.9. The van der Waals surface area contributed by atoms with Crippen LogP contribution in [0.1, 0.15) is 29.2 Å². The van der Waals surface area contributed by atoms with E-state index >= 15 is 0 Å². The predicted molar refractivity (Wildman–Crippen MR) is 122 cm³/mol. The lowest BCUT2D eigenvalue weighted by atomic mass is 9.99. The van der Waals surface area contributed by atoms with Crippen LogP contribution in [0, 0.1) is 6.92 Å². The van der Waals surface area contributed by atoms with E-state index in [2.05, 4.69) is 37.0 Å². The van der Waals surface area contributed by atoms with Gasteiger partial charge in [-0.3, -0.25) is 0 Å². The molecule has 4 nitrogen and oxygen atoms in total. The summed E-state index contributed by atoms with van der Waals surface area (Å²) in [5.41, 5.74) is 3.56. The van der Waals surface area contributed by atoms with Gasteiger partial charge in [0.1, 0.15) is 0 Å². The number of aryl methyl sites for hydroxylation is 1. The van der Waals surface area contributed by atoms with Gasteiger partial charge in [0.2, 0.25) is 0 Å². The molecular formula is C22H18Br2N2O2S. The van der Waals surface area contributed by atoms with Crippen LogP contribution in [-0.4, -0.2) is 18.5 Å². The van der Waals surface area contributed by atoms with Crippen molar-refractivity contribution in [2.75, 3.05) is 0 Å². The Morgan fingerprint density at radius 2 is 1.62 bits per heavy atom. The number of sulfonamides is 1. The average molecular weight is 534 g/mol. The Labute approximate surface area is 187 Å². The van der Waals surface area contributed by atoms with Gasteiger partial charge in [-0.15, -0.1) is 0 Å². The lowest BCUT2D eigenvalue weighted by Crippen LogP contribution is -2.27. The molecule has 1 unspecified atom stereocenters. The smallest absolute Gasteiger partial charge is 0.200 e. The fourth-order valence-corrected chi connectivity index (χ4v) is 5.40. The van der Waals surface area contributed by atoms with Crippen molar-refractivity contribution in [2.45, 2.75) is 24.3 Å². The Hall–Kier alpha value is -1.96. The van der Waals surface area contributed by atoms with Gasteiger partial charge in [-0.1, -0.05) is 73.8 Å². The normalized spacial score (nSPS) is 16.7. The summed E-state index contributed by atoms with van der Waals surface area (Å²) in [6.07, 6.45) is 0.503. The monoisotopic (exact) mass is 532 g/mol. The molecule has 0 fully saturated rings. The molecule has 3 aromatic rings. The Morgan fingerprint density at radius 1 is 0.931 bits per heavy atom. The minimum Gasteiger partial charge on any atom is -0.200 e. The topological polar surface area (TPSA) is 49.7 Å². The highest BCUT2D eigenvalue weighted by Gasteiger charge is 2.37. The quantitative estimate of drug-likeness (QED) is 0.409. The third-order valence-electron chi connectivity index (χ3n) is 4.85. The molecule has 0 amide bonds. The maximum Gasteiger partial charge on any atom is 0.279 e. The van der Waals surface area contributed by atoms with Crippen molar-refractivity contribution in [1.29, 1.82) is 0 Å². The summed E-state index contributed by atoms with van der Waals surface area (Å²) in [5, 5.41) is 4.58. The molecule has 0 aliphatic carbocycles. The van der Waals surface area contributed by atoms with Gasteiger partial charge in [0, 0.05) is 15.4 Å². The van der Waals surface area contributed by atoms with Crippen LogP contribution in [0.25, 0.3) is 0 Å². The van der Waals surface area contributed by atoms with E-state index < -0.39 is 16.1 Å². The molecule has 3 aromatic carbocycles. The fraction of sp³-hybridized carbons (Fsp3) is 0.136. The third kappa shape index (κ3) is 4.17. The number of hydrogen-bond donors (Lipinski definition) is 0. The lowest BCUT2D eigenvalue weighted by molar-refractivity contribution is 0.371. The van der Waals surface area contributed by atoms with Gasteiger partial charge in [0.15, 0.2) is 0 Å². The zero-order valence-electron chi connectivity index (χ0n) is 15.6. The van der Waals surface area contributed by atoms with Gasteiger partial charge in [-0.2, -0.15) is 17.9 Å². The maximum absolute atomic E-state index is 13.4. The molecule has 1 aliphatic rings. The van der Waals surface area contributed by atoms with E-state index in [1.54, 1.807) is 24.3 Å². The highest BCUT2D eigenvalue weighted by molar-refractivity contribution is 9.10. The third-order valence-corrected chi connectivity index (χ3v) is 7.57. The molecule has 0 radical (unpaired) electrons. The average Bonchev–Trinajstić information content (AvgIpc) is 3.15. The van der Waals surface area contributed by atoms with Crippen molar-refractivity contribution < 1.29 is 8.42 Å². The minimum atomic E-state index is -3.79. The Bertz CT molecular complexity index is 1170. The molecule has 0 saturated heterocycles. The van der Waals surface area contributed by atoms with Crippen molar-refractivity contribution in [1.82, 2.24) is 4.41 Å². The second kappa shape index (κ2) is 8.05. The van der Waals surface area contributed by atoms with E-state index in [1.165, 1.54) is 4.41 Å². The molecule has 0 spiro atoms. The summed E-state index contributed by atoms with van der Waals surface area (Å²) >= 11 is 6.93. The van der Waals surface area contributed by atoms with Crippen molar-refractivity contribution >= 4 is 47.6 Å². The van der Waals surface area contributed by atoms with Crippen molar-refractivity contribution in [3.63, 3.8) is 0 Å². The van der Waals surface area contributed by atoms with Crippen LogP contribution in [0.3, 0.4) is 0 Å². The highest BCUT2D eigenvalue weighted by Crippen LogP contribution is 2.37. The summed E-state index contributed by atoms with van der Waals surface area (Å²) in [4.78, 5) is 0.240. The van der Waals surface area contributed by atoms with Gasteiger partial charge in [0.25, 0.3) is 10.0 Å². The van der Waals surface area contributed by atoms with Crippen LogP contribution in [-0.2, 0) is 10.0 Å². The van der Waals surface area contributed by atoms with Gasteiger partial charge < -0.3 is 0 Å². The molecule has 148 valence electrons. The molecule has 7 heteroatoms. The fourth-order valence-electron chi connectivity index (χ4n) is 3.30. The molecule has 0 N–H and O–H groups in total. The predicted octanol–water partition coefficient (Wildman–Crippen LogP) is 6.06. The maximum atomic E-state index is 13.4. The lowest BCUT2D eigenvalue weighted by Gasteiger charge is -2.23. The molecule has 0 saturated carbocycles. The molecule has 0 bridgehead atoms. The molecule has 1 aliphatic heterocycles. The van der Waals surface area contributed by atoms with Crippen LogP contribution >= 0.6 is 31.9 Å². The first-order chi connectivity index (χ1) is 13.8. The molecule has 0 aromatic heterocycles. The first-order valence-corrected chi connectivity index (χ1v) is 12.1. The number of hydrazone groups is 1. The van der Waals surface area contributed by atoms with Crippen LogP contribution in [0.15, 0.2) is 91.7 Å². The molecule has 1 heterocycles. The van der Waals surface area contributed by atoms with Crippen molar-refractivity contribution in [3.8, 4) is 0 Å². The Balaban J connectivity index is 1.80. The standard InChI is InChI=1S/C22H18Br2N2O2S/c1-15-5-11-20(12-6-15)29(27,28)26-22(16-7-9-18(23)10-8-16)14-21(25-26)17-3-2-4-19(24)13-17/h2-13,22H,14H2,1H3. The van der Waals surface area contributed by atoms with Crippen molar-refractivity contribution in [3.05, 3.63) is 98.4 Å². The van der Waals surface area contributed by atoms with E-state index in [0.29, 0.717) is 6.42 Å². The zero-order valence-corrected chi connectivity index (χ0v) is 19.6.